The molecule has 0 heterocycles. The van der Waals surface area contributed by atoms with Crippen LogP contribution in [0.2, 0.25) is 0 Å². The Labute approximate surface area is 164 Å². The molecule has 26 heavy (non-hydrogen) atoms. The maximum Gasteiger partial charge on any atom is 0.305 e. The summed E-state index contributed by atoms with van der Waals surface area (Å²) in [5.41, 5.74) is 0.0741. The number of hydrogen-bond acceptors (Lipinski definition) is 3. The summed E-state index contributed by atoms with van der Waals surface area (Å²) in [5.74, 6) is -0.0235. The first-order valence-corrected chi connectivity index (χ1v) is 11.1. The number of unbranched alkanes of at least 4 members (excludes halogenated alkanes) is 14. The Balaban J connectivity index is 0. The van der Waals surface area contributed by atoms with E-state index in [0.717, 1.165) is 6.42 Å². The fraction of sp³-hybridized carbons (Fsp3) is 0.957. The Morgan fingerprint density at radius 1 is 0.654 bits per heavy atom. The average Bonchev–Trinajstić information content (AvgIpc) is 2.56. The van der Waals surface area contributed by atoms with Crippen LogP contribution >= 0.6 is 0 Å². The van der Waals surface area contributed by atoms with Gasteiger partial charge in [-0.15, -0.1) is 0 Å². The lowest BCUT2D eigenvalue weighted by atomic mass is 9.99. The standard InChI is InChI=1S/C23H46O2.H3N/c1-5-6-7-8-9-10-11-12-13-14-15-16-17-18-19-20-22(24)25-21-23(2,3)4;/h5-21H2,1-4H3;1H3. The number of hydrogen-bond donors (Lipinski definition) is 1. The molecular weight excluding hydrogens is 322 g/mol. The molecule has 0 aromatic rings. The van der Waals surface area contributed by atoms with Crippen molar-refractivity contribution in [3.63, 3.8) is 0 Å². The highest BCUT2D eigenvalue weighted by atomic mass is 16.5. The third kappa shape index (κ3) is 23.4. The second-order valence-electron chi connectivity index (χ2n) is 8.92. The van der Waals surface area contributed by atoms with Gasteiger partial charge in [0.2, 0.25) is 0 Å². The predicted molar refractivity (Wildman–Crippen MR) is 115 cm³/mol. The molecule has 0 fully saturated rings. The monoisotopic (exact) mass is 371 g/mol. The molecule has 0 rings (SSSR count). The lowest BCUT2D eigenvalue weighted by Gasteiger charge is -2.17. The predicted octanol–water partition coefficient (Wildman–Crippen LogP) is 8.00. The highest BCUT2D eigenvalue weighted by Gasteiger charge is 2.13. The van der Waals surface area contributed by atoms with Gasteiger partial charge in [0.05, 0.1) is 6.61 Å². The maximum atomic E-state index is 11.6. The first-order valence-electron chi connectivity index (χ1n) is 11.1. The molecule has 0 saturated carbocycles. The summed E-state index contributed by atoms with van der Waals surface area (Å²) < 4.78 is 5.29. The summed E-state index contributed by atoms with van der Waals surface area (Å²) >= 11 is 0. The molecule has 0 aromatic carbocycles. The van der Waals surface area contributed by atoms with Gasteiger partial charge in [-0.25, -0.2) is 0 Å². The third-order valence-corrected chi connectivity index (χ3v) is 4.65. The second kappa shape index (κ2) is 19.2. The van der Waals surface area contributed by atoms with E-state index < -0.39 is 0 Å². The zero-order chi connectivity index (χ0) is 18.8. The highest BCUT2D eigenvalue weighted by Crippen LogP contribution is 2.15. The van der Waals surface area contributed by atoms with E-state index in [1.165, 1.54) is 89.9 Å². The van der Waals surface area contributed by atoms with Crippen LogP contribution in [0.4, 0.5) is 0 Å². The molecule has 158 valence electrons. The van der Waals surface area contributed by atoms with Gasteiger partial charge in [0.15, 0.2) is 0 Å². The number of rotatable bonds is 17. The van der Waals surface area contributed by atoms with E-state index in [1.54, 1.807) is 0 Å². The van der Waals surface area contributed by atoms with Gasteiger partial charge in [-0.1, -0.05) is 118 Å². The summed E-state index contributed by atoms with van der Waals surface area (Å²) in [6.45, 7) is 9.09. The van der Waals surface area contributed by atoms with Crippen LogP contribution in [0.25, 0.3) is 0 Å². The van der Waals surface area contributed by atoms with Crippen LogP contribution < -0.4 is 6.15 Å². The smallest absolute Gasteiger partial charge is 0.305 e. The van der Waals surface area contributed by atoms with Gasteiger partial charge in [0, 0.05) is 6.42 Å². The molecule has 0 aliphatic rings. The molecule has 0 aromatic heterocycles. The first kappa shape index (κ1) is 27.6. The van der Waals surface area contributed by atoms with Crippen LogP contribution in [0.5, 0.6) is 0 Å². The van der Waals surface area contributed by atoms with E-state index >= 15 is 0 Å². The number of carbonyl (C=O) groups excluding carboxylic acids is 1. The van der Waals surface area contributed by atoms with Crippen LogP contribution in [-0.4, -0.2) is 12.6 Å². The van der Waals surface area contributed by atoms with Gasteiger partial charge in [0.1, 0.15) is 0 Å². The Morgan fingerprint density at radius 3 is 1.35 bits per heavy atom. The summed E-state index contributed by atoms with van der Waals surface area (Å²) in [7, 11) is 0. The largest absolute Gasteiger partial charge is 0.465 e. The lowest BCUT2D eigenvalue weighted by Crippen LogP contribution is -2.18. The molecule has 0 saturated heterocycles. The fourth-order valence-electron chi connectivity index (χ4n) is 3.01. The van der Waals surface area contributed by atoms with Crippen molar-refractivity contribution >= 4 is 5.97 Å². The quantitative estimate of drug-likeness (QED) is 0.208. The van der Waals surface area contributed by atoms with Crippen molar-refractivity contribution in [1.29, 1.82) is 0 Å². The van der Waals surface area contributed by atoms with Gasteiger partial charge in [-0.05, 0) is 11.8 Å². The molecule has 0 spiro atoms. The van der Waals surface area contributed by atoms with Crippen molar-refractivity contribution in [3.05, 3.63) is 0 Å². The minimum atomic E-state index is -0.0235. The van der Waals surface area contributed by atoms with E-state index in [2.05, 4.69) is 27.7 Å². The SMILES string of the molecule is CCCCCCCCCCCCCCCCCC(=O)OCC(C)(C)C.N. The van der Waals surface area contributed by atoms with E-state index in [9.17, 15) is 4.79 Å². The molecule has 3 N–H and O–H groups in total. The fourth-order valence-corrected chi connectivity index (χ4v) is 3.01. The van der Waals surface area contributed by atoms with E-state index in [4.69, 9.17) is 4.74 Å². The molecule has 0 bridgehead atoms. The maximum absolute atomic E-state index is 11.6. The summed E-state index contributed by atoms with van der Waals surface area (Å²) in [4.78, 5) is 11.6. The Morgan fingerprint density at radius 2 is 1.00 bits per heavy atom. The Bertz CT molecular complexity index is 297. The molecule has 3 heteroatoms. The number of esters is 1. The summed E-state index contributed by atoms with van der Waals surface area (Å²) in [6.07, 6.45) is 20.9. The third-order valence-electron chi connectivity index (χ3n) is 4.65. The summed E-state index contributed by atoms with van der Waals surface area (Å²) in [5, 5.41) is 0. The van der Waals surface area contributed by atoms with Crippen LogP contribution in [-0.2, 0) is 9.53 Å². The Hall–Kier alpha value is -0.570. The number of carbonyl (C=O) groups is 1. The van der Waals surface area contributed by atoms with E-state index in [1.807, 2.05) is 0 Å². The minimum Gasteiger partial charge on any atom is -0.465 e. The molecule has 0 aliphatic carbocycles. The first-order chi connectivity index (χ1) is 12.0. The van der Waals surface area contributed by atoms with Crippen LogP contribution in [0.1, 0.15) is 130 Å². The van der Waals surface area contributed by atoms with Crippen LogP contribution in [0.3, 0.4) is 0 Å². The van der Waals surface area contributed by atoms with Gasteiger partial charge in [0.25, 0.3) is 0 Å². The molecule has 0 radical (unpaired) electrons. The van der Waals surface area contributed by atoms with Gasteiger partial charge in [-0.2, -0.15) is 0 Å². The van der Waals surface area contributed by atoms with Crippen molar-refractivity contribution in [1.82, 2.24) is 6.15 Å². The normalized spacial score (nSPS) is 11.2. The molecule has 0 aliphatic heterocycles. The van der Waals surface area contributed by atoms with Crippen molar-refractivity contribution < 1.29 is 9.53 Å². The second-order valence-corrected chi connectivity index (χ2v) is 8.92. The topological polar surface area (TPSA) is 61.3 Å². The van der Waals surface area contributed by atoms with Crippen molar-refractivity contribution in [2.45, 2.75) is 130 Å². The lowest BCUT2D eigenvalue weighted by molar-refractivity contribution is -0.146. The van der Waals surface area contributed by atoms with Crippen LogP contribution in [0, 0.1) is 5.41 Å². The van der Waals surface area contributed by atoms with Crippen LogP contribution in [0.15, 0.2) is 0 Å². The molecule has 3 nitrogen and oxygen atoms in total. The molecule has 0 atom stereocenters. The Kier molecular flexibility index (Phi) is 20.4. The molecule has 0 unspecified atom stereocenters. The van der Waals surface area contributed by atoms with E-state index in [-0.39, 0.29) is 17.5 Å². The summed E-state index contributed by atoms with van der Waals surface area (Å²) in [6, 6.07) is 0. The molecular formula is C23H49NO2. The average molecular weight is 372 g/mol. The number of ether oxygens (including phenoxy) is 1. The van der Waals surface area contributed by atoms with Gasteiger partial charge < -0.3 is 10.9 Å². The van der Waals surface area contributed by atoms with Gasteiger partial charge in [-0.3, -0.25) is 4.79 Å². The van der Waals surface area contributed by atoms with Gasteiger partial charge >= 0.3 is 5.97 Å². The minimum absolute atomic E-state index is 0. The van der Waals surface area contributed by atoms with Crippen molar-refractivity contribution in [2.24, 2.45) is 5.41 Å². The zero-order valence-electron chi connectivity index (χ0n) is 18.5. The zero-order valence-corrected chi connectivity index (χ0v) is 18.5. The van der Waals surface area contributed by atoms with Crippen molar-refractivity contribution in [2.75, 3.05) is 6.61 Å². The highest BCUT2D eigenvalue weighted by molar-refractivity contribution is 5.69. The molecule has 0 amide bonds. The van der Waals surface area contributed by atoms with E-state index in [0.29, 0.717) is 13.0 Å². The van der Waals surface area contributed by atoms with Crippen molar-refractivity contribution in [3.8, 4) is 0 Å².